The summed E-state index contributed by atoms with van der Waals surface area (Å²) in [4.78, 5) is 26.7. The molecule has 0 fully saturated rings. The number of nitrogens with zero attached hydrogens (tertiary/aromatic N) is 2. The van der Waals surface area contributed by atoms with Crippen molar-refractivity contribution in [1.29, 1.82) is 0 Å². The number of carbonyl (C=O) groups is 2. The number of carbonyl (C=O) groups excluding carboxylic acids is 2. The predicted molar refractivity (Wildman–Crippen MR) is 123 cm³/mol. The van der Waals surface area contributed by atoms with E-state index in [1.165, 1.54) is 29.2 Å². The molecule has 0 aliphatic carbocycles. The number of likely N-dealkylation sites (N-methyl/N-ethyl adjacent to an activating group) is 1. The van der Waals surface area contributed by atoms with E-state index in [2.05, 4.69) is 5.32 Å². The van der Waals surface area contributed by atoms with Gasteiger partial charge in [-0.05, 0) is 50.1 Å². The van der Waals surface area contributed by atoms with Crippen molar-refractivity contribution < 1.29 is 31.2 Å². The average Bonchev–Trinajstić information content (AvgIpc) is 2.77. The van der Waals surface area contributed by atoms with Crippen molar-refractivity contribution in [2.45, 2.75) is 39.3 Å². The van der Waals surface area contributed by atoms with E-state index in [0.717, 1.165) is 28.8 Å². The van der Waals surface area contributed by atoms with E-state index in [-0.39, 0.29) is 37.5 Å². The Kier molecular flexibility index (Phi) is 9.48. The monoisotopic (exact) mass is 499 g/mol. The number of rotatable bonds is 11. The van der Waals surface area contributed by atoms with Crippen LogP contribution < -0.4 is 9.62 Å². The molecule has 7 nitrogen and oxygen atoms in total. The third kappa shape index (κ3) is 7.47. The molecule has 1 atom stereocenters. The average molecular weight is 500 g/mol. The highest BCUT2D eigenvalue weighted by Gasteiger charge is 2.26. The Balaban J connectivity index is 2.16. The summed E-state index contributed by atoms with van der Waals surface area (Å²) < 4.78 is 65.4. The fourth-order valence-electron chi connectivity index (χ4n) is 3.34. The van der Waals surface area contributed by atoms with E-state index in [4.69, 9.17) is 0 Å². The Morgan fingerprint density at radius 1 is 1.03 bits per heavy atom. The number of benzene rings is 2. The zero-order chi connectivity index (χ0) is 25.5. The molecule has 0 aliphatic rings. The summed E-state index contributed by atoms with van der Waals surface area (Å²) in [5.41, 5.74) is 0.554. The Hall–Kier alpha value is -3.08. The summed E-state index contributed by atoms with van der Waals surface area (Å²) in [6, 6.07) is 7.43. The summed E-state index contributed by atoms with van der Waals surface area (Å²) in [6.07, 6.45) is 0.877. The molecular weight excluding hydrogens is 471 g/mol. The molecule has 0 bridgehead atoms. The lowest BCUT2D eigenvalue weighted by atomic mass is 10.1. The molecule has 0 aromatic heterocycles. The van der Waals surface area contributed by atoms with Gasteiger partial charge in [0.05, 0.1) is 11.9 Å². The van der Waals surface area contributed by atoms with Gasteiger partial charge < -0.3 is 10.2 Å². The molecule has 2 aromatic rings. The van der Waals surface area contributed by atoms with Crippen LogP contribution in [0.2, 0.25) is 0 Å². The van der Waals surface area contributed by atoms with Crippen LogP contribution in [0.5, 0.6) is 0 Å². The van der Waals surface area contributed by atoms with E-state index < -0.39 is 39.4 Å². The zero-order valence-corrected chi connectivity index (χ0v) is 20.0. The van der Waals surface area contributed by atoms with Crippen molar-refractivity contribution in [2.75, 3.05) is 23.7 Å². The highest BCUT2D eigenvalue weighted by atomic mass is 32.2. The van der Waals surface area contributed by atoms with Crippen molar-refractivity contribution >= 4 is 27.5 Å². The first-order valence-corrected chi connectivity index (χ1v) is 12.5. The summed E-state index contributed by atoms with van der Waals surface area (Å²) in [7, 11) is -3.84. The smallest absolute Gasteiger partial charge is 0.242 e. The normalized spacial score (nSPS) is 12.2. The van der Waals surface area contributed by atoms with Crippen LogP contribution in [0, 0.1) is 17.5 Å². The third-order valence-electron chi connectivity index (χ3n) is 5.13. The van der Waals surface area contributed by atoms with Gasteiger partial charge in [-0.25, -0.2) is 21.6 Å². The van der Waals surface area contributed by atoms with Gasteiger partial charge in [0.25, 0.3) is 0 Å². The fourth-order valence-corrected chi connectivity index (χ4v) is 4.29. The number of nitrogens with one attached hydrogen (secondary N) is 1. The Bertz CT molecular complexity index is 1110. The van der Waals surface area contributed by atoms with Crippen LogP contribution in [0.3, 0.4) is 0 Å². The van der Waals surface area contributed by atoms with Crippen molar-refractivity contribution in [3.8, 4) is 0 Å². The van der Waals surface area contributed by atoms with Gasteiger partial charge in [0.2, 0.25) is 21.8 Å². The molecule has 2 rings (SSSR count). The SMILES string of the molecule is CCNC(=O)C(C)N(Cc1ccc(F)cc1)C(=O)CCCN(c1ccc(F)c(F)c1)S(C)(=O)=O. The molecule has 0 heterocycles. The second-order valence-electron chi connectivity index (χ2n) is 7.76. The van der Waals surface area contributed by atoms with Crippen LogP contribution in [0.1, 0.15) is 32.3 Å². The molecule has 1 unspecified atom stereocenters. The fraction of sp³-hybridized carbons (Fsp3) is 0.391. The summed E-state index contributed by atoms with van der Waals surface area (Å²) in [5, 5.41) is 2.65. The maximum atomic E-state index is 13.6. The number of halogens is 3. The van der Waals surface area contributed by atoms with E-state index in [0.29, 0.717) is 12.1 Å². The second kappa shape index (κ2) is 11.9. The highest BCUT2D eigenvalue weighted by Crippen LogP contribution is 2.21. The first kappa shape index (κ1) is 27.2. The number of hydrogen-bond acceptors (Lipinski definition) is 4. The largest absolute Gasteiger partial charge is 0.355 e. The maximum absolute atomic E-state index is 13.6. The number of amides is 2. The number of anilines is 1. The van der Waals surface area contributed by atoms with Crippen molar-refractivity contribution in [1.82, 2.24) is 10.2 Å². The topological polar surface area (TPSA) is 86.8 Å². The van der Waals surface area contributed by atoms with Crippen molar-refractivity contribution in [3.05, 3.63) is 65.5 Å². The van der Waals surface area contributed by atoms with Crippen LogP contribution >= 0.6 is 0 Å². The van der Waals surface area contributed by atoms with Crippen LogP contribution in [0.25, 0.3) is 0 Å². The van der Waals surface area contributed by atoms with E-state index in [1.54, 1.807) is 13.8 Å². The molecule has 0 radical (unpaired) electrons. The van der Waals surface area contributed by atoms with Crippen LogP contribution in [0.15, 0.2) is 42.5 Å². The lowest BCUT2D eigenvalue weighted by Crippen LogP contribution is -2.47. The van der Waals surface area contributed by atoms with E-state index >= 15 is 0 Å². The maximum Gasteiger partial charge on any atom is 0.242 e. The molecular formula is C23H28F3N3O4S. The molecule has 0 saturated carbocycles. The lowest BCUT2D eigenvalue weighted by Gasteiger charge is -2.29. The Morgan fingerprint density at radius 2 is 1.68 bits per heavy atom. The Morgan fingerprint density at radius 3 is 2.24 bits per heavy atom. The Labute approximate surface area is 197 Å². The van der Waals surface area contributed by atoms with Gasteiger partial charge in [0.1, 0.15) is 11.9 Å². The van der Waals surface area contributed by atoms with Crippen LogP contribution in [0.4, 0.5) is 18.9 Å². The summed E-state index contributed by atoms with van der Waals surface area (Å²) in [6.45, 7) is 3.58. The minimum atomic E-state index is -3.84. The van der Waals surface area contributed by atoms with Crippen LogP contribution in [-0.4, -0.2) is 50.5 Å². The van der Waals surface area contributed by atoms with Crippen LogP contribution in [-0.2, 0) is 26.2 Å². The lowest BCUT2D eigenvalue weighted by molar-refractivity contribution is -0.140. The second-order valence-corrected chi connectivity index (χ2v) is 9.66. The minimum absolute atomic E-state index is 0.0520. The van der Waals surface area contributed by atoms with E-state index in [1.807, 2.05) is 0 Å². The molecule has 0 saturated heterocycles. The third-order valence-corrected chi connectivity index (χ3v) is 6.32. The van der Waals surface area contributed by atoms with Gasteiger partial charge in [-0.3, -0.25) is 13.9 Å². The molecule has 186 valence electrons. The van der Waals surface area contributed by atoms with Crippen molar-refractivity contribution in [2.24, 2.45) is 0 Å². The zero-order valence-electron chi connectivity index (χ0n) is 19.2. The highest BCUT2D eigenvalue weighted by molar-refractivity contribution is 7.92. The standard InChI is InChI=1S/C23H28F3N3O4S/c1-4-27-23(31)16(2)28(15-17-7-9-18(24)10-8-17)22(30)6-5-13-29(34(3,32)33)19-11-12-20(25)21(26)14-19/h7-12,14,16H,4-6,13,15H2,1-3H3,(H,27,31). The molecule has 2 amide bonds. The number of sulfonamides is 1. The van der Waals surface area contributed by atoms with Gasteiger partial charge in [0, 0.05) is 32.1 Å². The van der Waals surface area contributed by atoms with Gasteiger partial charge in [-0.2, -0.15) is 0 Å². The summed E-state index contributed by atoms with van der Waals surface area (Å²) >= 11 is 0. The van der Waals surface area contributed by atoms with Gasteiger partial charge >= 0.3 is 0 Å². The van der Waals surface area contributed by atoms with Gasteiger partial charge in [-0.15, -0.1) is 0 Å². The first-order valence-electron chi connectivity index (χ1n) is 10.7. The predicted octanol–water partition coefficient (Wildman–Crippen LogP) is 3.20. The number of hydrogen-bond donors (Lipinski definition) is 1. The molecule has 0 aliphatic heterocycles. The molecule has 11 heteroatoms. The summed E-state index contributed by atoms with van der Waals surface area (Å²) in [5.74, 6) is -3.51. The van der Waals surface area contributed by atoms with Gasteiger partial charge in [-0.1, -0.05) is 12.1 Å². The molecule has 34 heavy (non-hydrogen) atoms. The van der Waals surface area contributed by atoms with Crippen molar-refractivity contribution in [3.63, 3.8) is 0 Å². The molecule has 0 spiro atoms. The first-order chi connectivity index (χ1) is 15.9. The minimum Gasteiger partial charge on any atom is -0.355 e. The molecule has 2 aromatic carbocycles. The quantitative estimate of drug-likeness (QED) is 0.515. The van der Waals surface area contributed by atoms with E-state index in [9.17, 15) is 31.2 Å². The van der Waals surface area contributed by atoms with Gasteiger partial charge in [0.15, 0.2) is 11.6 Å². The molecule has 1 N–H and O–H groups in total.